The van der Waals surface area contributed by atoms with Gasteiger partial charge < -0.3 is 20.1 Å². The van der Waals surface area contributed by atoms with E-state index in [4.69, 9.17) is 14.7 Å². The summed E-state index contributed by atoms with van der Waals surface area (Å²) in [5, 5.41) is 24.4. The molecule has 2 aromatic rings. The Morgan fingerprint density at radius 1 is 1.18 bits per heavy atom. The van der Waals surface area contributed by atoms with Crippen LogP contribution in [0.4, 0.5) is 0 Å². The van der Waals surface area contributed by atoms with E-state index in [1.165, 1.54) is 0 Å². The molecule has 176 valence electrons. The standard InChI is InChI=1S/C24H26N4O3.C2H6.H2/c1-30-22-10-11-27-15-23(31-16-22)24(29)28-21(14-26)12-17-2-6-19(7-3-17)20-8-4-18(13-25)5-9-20;1-2;/h2-9,21-23,27H,10-12,15-16H2,1H3,(H,28,29);1-2H3;1H. The fourth-order valence-corrected chi connectivity index (χ4v) is 3.42. The summed E-state index contributed by atoms with van der Waals surface area (Å²) in [6, 6.07) is 18.8. The first-order chi connectivity index (χ1) is 16.1. The number of hydrogen-bond donors (Lipinski definition) is 2. The van der Waals surface area contributed by atoms with Gasteiger partial charge in [0.25, 0.3) is 5.91 Å². The summed E-state index contributed by atoms with van der Waals surface area (Å²) in [7, 11) is 1.63. The topological polar surface area (TPSA) is 107 Å². The van der Waals surface area contributed by atoms with Crippen LogP contribution < -0.4 is 10.6 Å². The molecule has 0 bridgehead atoms. The Morgan fingerprint density at radius 3 is 2.39 bits per heavy atom. The van der Waals surface area contributed by atoms with E-state index < -0.39 is 12.1 Å². The van der Waals surface area contributed by atoms with Crippen molar-refractivity contribution >= 4 is 5.91 Å². The second kappa shape index (κ2) is 14.0. The first kappa shape index (κ1) is 26.0. The number of nitriles is 2. The highest BCUT2D eigenvalue weighted by molar-refractivity contribution is 5.81. The molecule has 0 aromatic heterocycles. The quantitative estimate of drug-likeness (QED) is 0.698. The van der Waals surface area contributed by atoms with Crippen LogP contribution in [-0.4, -0.2) is 51.0 Å². The molecule has 0 saturated carbocycles. The summed E-state index contributed by atoms with van der Waals surface area (Å²) >= 11 is 0. The lowest BCUT2D eigenvalue weighted by Gasteiger charge is -2.25. The molecule has 3 rings (SSSR count). The van der Waals surface area contributed by atoms with Gasteiger partial charge in [0.2, 0.25) is 0 Å². The summed E-state index contributed by atoms with van der Waals surface area (Å²) in [6.45, 7) is 5.50. The van der Waals surface area contributed by atoms with Crippen molar-refractivity contribution in [3.05, 3.63) is 59.7 Å². The third-order valence-electron chi connectivity index (χ3n) is 5.30. The smallest absolute Gasteiger partial charge is 0.251 e. The number of hydrogen-bond acceptors (Lipinski definition) is 6. The van der Waals surface area contributed by atoms with Crippen LogP contribution in [0, 0.1) is 22.7 Å². The van der Waals surface area contributed by atoms with Crippen molar-refractivity contribution in [2.24, 2.45) is 0 Å². The van der Waals surface area contributed by atoms with Gasteiger partial charge in [-0.2, -0.15) is 10.5 Å². The number of carbonyl (C=O) groups excluding carboxylic acids is 1. The molecule has 7 heteroatoms. The SMILES string of the molecule is CC.COC1CCNCC(C(=O)NC(C#N)Cc2ccc(-c3ccc(C#N)cc3)cc2)OC1.[HH]. The number of benzene rings is 2. The van der Waals surface area contributed by atoms with E-state index in [0.29, 0.717) is 25.1 Å². The number of ether oxygens (including phenoxy) is 2. The number of amides is 1. The molecule has 1 aliphatic rings. The van der Waals surface area contributed by atoms with Crippen molar-refractivity contribution in [3.8, 4) is 23.3 Å². The fourth-order valence-electron chi connectivity index (χ4n) is 3.42. The maximum atomic E-state index is 12.6. The minimum Gasteiger partial charge on any atom is -0.379 e. The molecule has 1 saturated heterocycles. The maximum absolute atomic E-state index is 12.6. The molecule has 2 aromatic carbocycles. The van der Waals surface area contributed by atoms with Gasteiger partial charge in [-0.05, 0) is 41.8 Å². The zero-order valence-corrected chi connectivity index (χ0v) is 19.5. The Hall–Kier alpha value is -3.23. The summed E-state index contributed by atoms with van der Waals surface area (Å²) in [4.78, 5) is 12.6. The lowest BCUT2D eigenvalue weighted by atomic mass is 10.00. The van der Waals surface area contributed by atoms with Gasteiger partial charge in [0.15, 0.2) is 0 Å². The van der Waals surface area contributed by atoms with Gasteiger partial charge in [0.05, 0.1) is 30.4 Å². The van der Waals surface area contributed by atoms with Gasteiger partial charge in [-0.1, -0.05) is 50.2 Å². The molecule has 2 N–H and O–H groups in total. The van der Waals surface area contributed by atoms with E-state index in [9.17, 15) is 10.1 Å². The molecule has 33 heavy (non-hydrogen) atoms. The van der Waals surface area contributed by atoms with Gasteiger partial charge in [0, 0.05) is 21.5 Å². The molecule has 1 fully saturated rings. The van der Waals surface area contributed by atoms with E-state index in [2.05, 4.69) is 22.8 Å². The molecule has 7 nitrogen and oxygen atoms in total. The molecule has 1 amide bonds. The van der Waals surface area contributed by atoms with Gasteiger partial charge >= 0.3 is 0 Å². The second-order valence-electron chi connectivity index (χ2n) is 7.45. The third kappa shape index (κ3) is 8.00. The molecule has 0 aliphatic carbocycles. The first-order valence-electron chi connectivity index (χ1n) is 11.3. The van der Waals surface area contributed by atoms with Gasteiger partial charge in [-0.15, -0.1) is 0 Å². The van der Waals surface area contributed by atoms with Crippen molar-refractivity contribution in [1.29, 1.82) is 10.5 Å². The van der Waals surface area contributed by atoms with E-state index in [-0.39, 0.29) is 13.4 Å². The van der Waals surface area contributed by atoms with Crippen LogP contribution in [0.3, 0.4) is 0 Å². The Balaban J connectivity index is 0.00000188. The van der Waals surface area contributed by atoms with Crippen LogP contribution in [-0.2, 0) is 20.7 Å². The average Bonchev–Trinajstić information content (AvgIpc) is 2.85. The van der Waals surface area contributed by atoms with Crippen molar-refractivity contribution in [1.82, 2.24) is 10.6 Å². The maximum Gasteiger partial charge on any atom is 0.251 e. The zero-order chi connectivity index (χ0) is 24.1. The molecule has 0 radical (unpaired) electrons. The van der Waals surface area contributed by atoms with Crippen LogP contribution >= 0.6 is 0 Å². The fraction of sp³-hybridized carbons (Fsp3) is 0.423. The molecule has 1 aliphatic heterocycles. The summed E-state index contributed by atoms with van der Waals surface area (Å²) < 4.78 is 11.0. The van der Waals surface area contributed by atoms with Gasteiger partial charge in [-0.25, -0.2) is 0 Å². The summed E-state index contributed by atoms with van der Waals surface area (Å²) in [6.07, 6.45) is 0.512. The number of methoxy groups -OCH3 is 1. The van der Waals surface area contributed by atoms with Crippen LogP contribution in [0.25, 0.3) is 11.1 Å². The summed E-state index contributed by atoms with van der Waals surface area (Å²) in [5.74, 6) is -0.301. The molecular weight excluding hydrogens is 416 g/mol. The van der Waals surface area contributed by atoms with Crippen molar-refractivity contribution in [3.63, 3.8) is 0 Å². The van der Waals surface area contributed by atoms with Gasteiger partial charge in [-0.3, -0.25) is 4.79 Å². The van der Waals surface area contributed by atoms with E-state index >= 15 is 0 Å². The van der Waals surface area contributed by atoms with Crippen molar-refractivity contribution in [2.75, 3.05) is 26.8 Å². The number of rotatable bonds is 6. The first-order valence-corrected chi connectivity index (χ1v) is 11.3. The summed E-state index contributed by atoms with van der Waals surface area (Å²) in [5.41, 5.74) is 3.60. The van der Waals surface area contributed by atoms with Crippen molar-refractivity contribution < 1.29 is 15.7 Å². The van der Waals surface area contributed by atoms with E-state index in [1.54, 1.807) is 19.2 Å². The van der Waals surface area contributed by atoms with Crippen LogP contribution in [0.1, 0.15) is 32.8 Å². The van der Waals surface area contributed by atoms with Crippen LogP contribution in [0.15, 0.2) is 48.5 Å². The van der Waals surface area contributed by atoms with Crippen LogP contribution in [0.2, 0.25) is 0 Å². The monoisotopic (exact) mass is 450 g/mol. The highest BCUT2D eigenvalue weighted by Gasteiger charge is 2.25. The number of nitrogens with zero attached hydrogens (tertiary/aromatic N) is 2. The minimum atomic E-state index is -0.660. The lowest BCUT2D eigenvalue weighted by molar-refractivity contribution is -0.136. The van der Waals surface area contributed by atoms with E-state index in [0.717, 1.165) is 29.7 Å². The molecule has 3 unspecified atom stereocenters. The van der Waals surface area contributed by atoms with Gasteiger partial charge in [0.1, 0.15) is 12.1 Å². The number of nitrogens with one attached hydrogen (secondary N) is 2. The van der Waals surface area contributed by atoms with Crippen molar-refractivity contribution in [2.45, 2.75) is 44.9 Å². The third-order valence-corrected chi connectivity index (χ3v) is 5.30. The minimum absolute atomic E-state index is 0. The largest absolute Gasteiger partial charge is 0.379 e. The zero-order valence-electron chi connectivity index (χ0n) is 19.5. The predicted octanol–water partition coefficient (Wildman–Crippen LogP) is 3.44. The highest BCUT2D eigenvalue weighted by atomic mass is 16.5. The molecular formula is C26H34N4O3. The van der Waals surface area contributed by atoms with E-state index in [1.807, 2.05) is 50.2 Å². The normalized spacial score (nSPS) is 18.8. The molecule has 3 atom stereocenters. The predicted molar refractivity (Wildman–Crippen MR) is 129 cm³/mol. The Morgan fingerprint density at radius 2 is 1.82 bits per heavy atom. The second-order valence-corrected chi connectivity index (χ2v) is 7.45. The van der Waals surface area contributed by atoms with Crippen LogP contribution in [0.5, 0.6) is 0 Å². The Bertz CT molecular complexity index is 952. The number of carbonyl (C=O) groups is 1. The molecule has 0 spiro atoms. The molecule has 1 heterocycles. The Labute approximate surface area is 197 Å². The average molecular weight is 451 g/mol. The lowest BCUT2D eigenvalue weighted by Crippen LogP contribution is -2.49. The highest BCUT2D eigenvalue weighted by Crippen LogP contribution is 2.20. The Kier molecular flexibility index (Phi) is 11.1.